The lowest BCUT2D eigenvalue weighted by molar-refractivity contribution is 0.371. The fraction of sp³-hybridized carbons (Fsp3) is 0.632. The lowest BCUT2D eigenvalue weighted by atomic mass is 10.2. The molecule has 0 saturated carbocycles. The summed E-state index contributed by atoms with van der Waals surface area (Å²) in [6.45, 7) is 10.0. The van der Waals surface area contributed by atoms with Gasteiger partial charge in [0.1, 0.15) is 11.6 Å². The first kappa shape index (κ1) is 22.4. The maximum absolute atomic E-state index is 14.0. The summed E-state index contributed by atoms with van der Waals surface area (Å²) in [5.41, 5.74) is 0.262. The topological polar surface area (TPSA) is 65.0 Å². The summed E-state index contributed by atoms with van der Waals surface area (Å²) >= 11 is 0. The second kappa shape index (κ2) is 9.07. The lowest BCUT2D eigenvalue weighted by Gasteiger charge is -2.37. The van der Waals surface area contributed by atoms with E-state index >= 15 is 0 Å². The average molecular weight is 417 g/mol. The second-order valence-electron chi connectivity index (χ2n) is 7.74. The number of hydrogen-bond acceptors (Lipinski definition) is 4. The van der Waals surface area contributed by atoms with Gasteiger partial charge >= 0.3 is 0 Å². The van der Waals surface area contributed by atoms with E-state index in [1.165, 1.54) is 6.07 Å². The van der Waals surface area contributed by atoms with Gasteiger partial charge in [0, 0.05) is 38.8 Å². The summed E-state index contributed by atoms with van der Waals surface area (Å²) in [6, 6.07) is 3.45. The molecule has 1 aromatic rings. The number of nitrogens with zero attached hydrogens (tertiary/aromatic N) is 3. The van der Waals surface area contributed by atoms with Gasteiger partial charge in [-0.1, -0.05) is 0 Å². The van der Waals surface area contributed by atoms with Gasteiger partial charge in [-0.05, 0) is 39.8 Å². The highest BCUT2D eigenvalue weighted by Gasteiger charge is 2.28. The van der Waals surface area contributed by atoms with Crippen LogP contribution in [0.3, 0.4) is 0 Å². The van der Waals surface area contributed by atoms with Crippen LogP contribution in [-0.2, 0) is 9.84 Å². The minimum Gasteiger partial charge on any atom is -0.366 e. The van der Waals surface area contributed by atoms with Gasteiger partial charge in [0.2, 0.25) is 0 Å². The molecule has 1 aliphatic rings. The molecule has 0 aliphatic carbocycles. The van der Waals surface area contributed by atoms with Crippen LogP contribution in [0.2, 0.25) is 0 Å². The monoisotopic (exact) mass is 416 g/mol. The highest BCUT2D eigenvalue weighted by Crippen LogP contribution is 2.22. The van der Waals surface area contributed by atoms with Crippen LogP contribution in [0.25, 0.3) is 0 Å². The number of sulfone groups is 1. The van der Waals surface area contributed by atoms with Crippen LogP contribution in [0.1, 0.15) is 27.7 Å². The summed E-state index contributed by atoms with van der Waals surface area (Å²) < 4.78 is 51.1. The number of nitrogens with one attached hydrogen (secondary N) is 1. The average Bonchev–Trinajstić information content (AvgIpc) is 2.62. The molecule has 0 bridgehead atoms. The van der Waals surface area contributed by atoms with Gasteiger partial charge in [-0.15, -0.1) is 0 Å². The van der Waals surface area contributed by atoms with Gasteiger partial charge in [0.15, 0.2) is 15.8 Å². The highest BCUT2D eigenvalue weighted by molar-refractivity contribution is 7.92. The van der Waals surface area contributed by atoms with E-state index in [1.54, 1.807) is 20.8 Å². The zero-order valence-electron chi connectivity index (χ0n) is 17.0. The third kappa shape index (κ3) is 5.56. The zero-order chi connectivity index (χ0) is 20.9. The largest absolute Gasteiger partial charge is 0.366 e. The molecule has 1 fully saturated rings. The molecule has 9 heteroatoms. The second-order valence-corrected chi connectivity index (χ2v) is 10.6. The smallest absolute Gasteiger partial charge is 0.194 e. The van der Waals surface area contributed by atoms with E-state index in [-0.39, 0.29) is 18.0 Å². The van der Waals surface area contributed by atoms with E-state index in [4.69, 9.17) is 0 Å². The molecular weight excluding hydrogens is 386 g/mol. The summed E-state index contributed by atoms with van der Waals surface area (Å²) in [5, 5.41) is 3.18. The molecule has 0 aromatic heterocycles. The van der Waals surface area contributed by atoms with Crippen LogP contribution >= 0.6 is 0 Å². The first-order valence-electron chi connectivity index (χ1n) is 9.50. The van der Waals surface area contributed by atoms with Crippen molar-refractivity contribution in [3.8, 4) is 0 Å². The van der Waals surface area contributed by atoms with Crippen molar-refractivity contribution in [3.05, 3.63) is 29.8 Å². The fourth-order valence-electron chi connectivity index (χ4n) is 2.89. The van der Waals surface area contributed by atoms with Crippen LogP contribution in [0.15, 0.2) is 23.2 Å². The van der Waals surface area contributed by atoms with Crippen molar-refractivity contribution in [3.63, 3.8) is 0 Å². The molecule has 2 rings (SSSR count). The van der Waals surface area contributed by atoms with Gasteiger partial charge < -0.3 is 15.1 Å². The van der Waals surface area contributed by atoms with Crippen LogP contribution in [-0.4, -0.2) is 69.0 Å². The molecule has 6 nitrogen and oxygen atoms in total. The molecule has 0 atom stereocenters. The molecule has 1 N–H and O–H groups in total. The molecule has 0 radical (unpaired) electrons. The zero-order valence-corrected chi connectivity index (χ0v) is 17.8. The van der Waals surface area contributed by atoms with E-state index in [2.05, 4.69) is 10.3 Å². The summed E-state index contributed by atoms with van der Waals surface area (Å²) in [5.74, 6) is -0.276. The van der Waals surface area contributed by atoms with Gasteiger partial charge in [-0.2, -0.15) is 0 Å². The molecule has 28 heavy (non-hydrogen) atoms. The molecule has 1 aromatic carbocycles. The van der Waals surface area contributed by atoms with E-state index in [9.17, 15) is 17.2 Å². The van der Waals surface area contributed by atoms with Gasteiger partial charge in [-0.3, -0.25) is 4.99 Å². The summed E-state index contributed by atoms with van der Waals surface area (Å²) in [6.07, 6.45) is 0. The Morgan fingerprint density at radius 3 is 2.39 bits per heavy atom. The molecular formula is C19H30F2N4O2S. The molecule has 0 spiro atoms. The van der Waals surface area contributed by atoms with Crippen molar-refractivity contribution in [2.45, 2.75) is 32.4 Å². The van der Waals surface area contributed by atoms with Gasteiger partial charge in [0.05, 0.1) is 22.7 Å². The van der Waals surface area contributed by atoms with Crippen molar-refractivity contribution in [1.82, 2.24) is 10.2 Å². The first-order chi connectivity index (χ1) is 13.0. The number of benzene rings is 1. The van der Waals surface area contributed by atoms with Crippen molar-refractivity contribution in [2.24, 2.45) is 4.99 Å². The number of rotatable bonds is 5. The maximum Gasteiger partial charge on any atom is 0.194 e. The number of aliphatic imine (C=N–C) groups is 1. The molecule has 1 heterocycles. The van der Waals surface area contributed by atoms with E-state index in [0.29, 0.717) is 38.7 Å². The molecule has 0 unspecified atom stereocenters. The minimum absolute atomic E-state index is 0.0140. The standard InChI is InChI=1S/C19H30F2N4O2S/c1-5-22-18(23-8-13-28(26,27)19(2,3)4)25-11-9-24(10-12-25)17-14-15(20)6-7-16(17)21/h6-7,14H,5,8-13H2,1-4H3,(H,22,23). The van der Waals surface area contributed by atoms with Crippen LogP contribution in [0, 0.1) is 11.6 Å². The Kier molecular flexibility index (Phi) is 7.25. The Morgan fingerprint density at radius 1 is 1.18 bits per heavy atom. The van der Waals surface area contributed by atoms with E-state index in [1.807, 2.05) is 16.7 Å². The Labute approximate surface area is 166 Å². The number of halogens is 2. The van der Waals surface area contributed by atoms with Gasteiger partial charge in [0.25, 0.3) is 0 Å². The van der Waals surface area contributed by atoms with Gasteiger partial charge in [-0.25, -0.2) is 17.2 Å². The van der Waals surface area contributed by atoms with Crippen molar-refractivity contribution in [1.29, 1.82) is 0 Å². The van der Waals surface area contributed by atoms with Crippen LogP contribution in [0.4, 0.5) is 14.5 Å². The van der Waals surface area contributed by atoms with E-state index < -0.39 is 26.2 Å². The number of guanidine groups is 1. The summed E-state index contributed by atoms with van der Waals surface area (Å²) in [7, 11) is -3.23. The summed E-state index contributed by atoms with van der Waals surface area (Å²) in [4.78, 5) is 8.29. The van der Waals surface area contributed by atoms with Crippen molar-refractivity contribution >= 4 is 21.5 Å². The first-order valence-corrected chi connectivity index (χ1v) is 11.2. The Bertz CT molecular complexity index is 799. The molecule has 1 aliphatic heterocycles. The minimum atomic E-state index is -3.23. The van der Waals surface area contributed by atoms with Crippen LogP contribution < -0.4 is 10.2 Å². The molecule has 158 valence electrons. The number of anilines is 1. The Hall–Kier alpha value is -1.90. The highest BCUT2D eigenvalue weighted by atomic mass is 32.2. The molecule has 0 amide bonds. The molecule has 1 saturated heterocycles. The van der Waals surface area contributed by atoms with Crippen molar-refractivity contribution < 1.29 is 17.2 Å². The van der Waals surface area contributed by atoms with Crippen molar-refractivity contribution in [2.75, 3.05) is 49.9 Å². The van der Waals surface area contributed by atoms with E-state index in [0.717, 1.165) is 12.1 Å². The normalized spacial score (nSPS) is 16.4. The predicted molar refractivity (Wildman–Crippen MR) is 110 cm³/mol. The SMILES string of the molecule is CCNC(=NCCS(=O)(=O)C(C)(C)C)N1CCN(c2cc(F)ccc2F)CC1. The van der Waals surface area contributed by atoms with Crippen LogP contribution in [0.5, 0.6) is 0 Å². The lowest BCUT2D eigenvalue weighted by Crippen LogP contribution is -2.53. The Morgan fingerprint density at radius 2 is 1.82 bits per heavy atom. The predicted octanol–water partition coefficient (Wildman–Crippen LogP) is 2.27. The third-order valence-corrected chi connectivity index (χ3v) is 7.30. The third-order valence-electron chi connectivity index (χ3n) is 4.72. The quantitative estimate of drug-likeness (QED) is 0.589. The number of hydrogen-bond donors (Lipinski definition) is 1. The Balaban J connectivity index is 2.01. The maximum atomic E-state index is 14.0. The number of piperazine rings is 1. The fourth-order valence-corrected chi connectivity index (χ4v) is 3.84.